The van der Waals surface area contributed by atoms with Crippen molar-refractivity contribution in [3.05, 3.63) is 29.6 Å². The van der Waals surface area contributed by atoms with E-state index in [-0.39, 0.29) is 17.5 Å². The monoisotopic (exact) mass is 417 g/mol. The van der Waals surface area contributed by atoms with Gasteiger partial charge in [0, 0.05) is 12.8 Å². The fourth-order valence-electron chi connectivity index (χ4n) is 5.17. The molecule has 1 aromatic carbocycles. The molecule has 1 amide bonds. The third-order valence-corrected chi connectivity index (χ3v) is 7.88. The molecule has 0 radical (unpaired) electrons. The topological polar surface area (TPSA) is 47.6 Å². The molecule has 3 heterocycles. The van der Waals surface area contributed by atoms with Crippen LogP contribution in [-0.4, -0.2) is 60.4 Å². The van der Waals surface area contributed by atoms with Crippen LogP contribution in [0, 0.1) is 5.82 Å². The maximum Gasteiger partial charge on any atom is 0.494 e. The second-order valence-electron chi connectivity index (χ2n) is 10.4. The van der Waals surface area contributed by atoms with E-state index >= 15 is 4.39 Å². The molecule has 1 aromatic rings. The number of carbonyl (C=O) groups excluding carboxylic acids is 1. The van der Waals surface area contributed by atoms with Gasteiger partial charge in [-0.05, 0) is 71.6 Å². The van der Waals surface area contributed by atoms with Crippen LogP contribution in [0.25, 0.3) is 0 Å². The molecule has 0 aliphatic carbocycles. The van der Waals surface area contributed by atoms with Crippen molar-refractivity contribution in [2.24, 2.45) is 0 Å². The summed E-state index contributed by atoms with van der Waals surface area (Å²) in [6, 6.07) is 5.37. The van der Waals surface area contributed by atoms with Crippen molar-refractivity contribution >= 4 is 18.5 Å². The molecule has 3 fully saturated rings. The minimum atomic E-state index is -0.634. The Morgan fingerprint density at radius 2 is 1.90 bits per heavy atom. The molecule has 1 N–H and O–H groups in total. The highest BCUT2D eigenvalue weighted by Crippen LogP contribution is 2.37. The smallest absolute Gasteiger partial charge is 0.399 e. The minimum absolute atomic E-state index is 0.0910. The molecule has 3 aliphatic heterocycles. The van der Waals surface area contributed by atoms with E-state index in [0.29, 0.717) is 16.0 Å². The normalized spacial score (nSPS) is 32.7. The van der Waals surface area contributed by atoms with Crippen molar-refractivity contribution in [3.63, 3.8) is 0 Å². The Kier molecular flexibility index (Phi) is 5.63. The molecule has 3 aliphatic rings. The molecular weight excluding hydrogens is 382 g/mol. The number of halogens is 1. The van der Waals surface area contributed by atoms with E-state index in [1.807, 2.05) is 27.7 Å². The summed E-state index contributed by atoms with van der Waals surface area (Å²) in [5, 5.41) is 3.52. The molecule has 4 rings (SSSR count). The maximum absolute atomic E-state index is 15.2. The van der Waals surface area contributed by atoms with Gasteiger partial charge in [-0.3, -0.25) is 4.48 Å². The van der Waals surface area contributed by atoms with E-state index in [0.717, 1.165) is 45.3 Å². The SMILES string of the molecule is C[C@@H]1CCC[N+]1(C[C@@H]1CCCN1)C(=O)c1ccc(B2OC(C)(C)C(C)(C)O2)cc1F. The Balaban J connectivity index is 1.59. The van der Waals surface area contributed by atoms with E-state index < -0.39 is 24.1 Å². The first-order valence-electron chi connectivity index (χ1n) is 11.4. The number of carbonyl (C=O) groups is 1. The molecular formula is C23H35BFN2O3+. The molecule has 0 spiro atoms. The Labute approximate surface area is 180 Å². The number of rotatable bonds is 4. The van der Waals surface area contributed by atoms with Crippen LogP contribution < -0.4 is 10.8 Å². The Hall–Kier alpha value is -1.28. The van der Waals surface area contributed by atoms with Crippen molar-refractivity contribution in [2.45, 2.75) is 83.6 Å². The Morgan fingerprint density at radius 1 is 1.20 bits per heavy atom. The first kappa shape index (κ1) is 21.9. The van der Waals surface area contributed by atoms with Crippen molar-refractivity contribution in [3.8, 4) is 0 Å². The van der Waals surface area contributed by atoms with E-state index in [4.69, 9.17) is 9.31 Å². The third kappa shape index (κ3) is 3.64. The lowest BCUT2D eigenvalue weighted by Gasteiger charge is -2.38. The lowest BCUT2D eigenvalue weighted by Crippen LogP contribution is -2.59. The second-order valence-corrected chi connectivity index (χ2v) is 10.4. The lowest BCUT2D eigenvalue weighted by atomic mass is 9.78. The van der Waals surface area contributed by atoms with Gasteiger partial charge in [0.05, 0.1) is 29.8 Å². The fourth-order valence-corrected chi connectivity index (χ4v) is 5.17. The summed E-state index contributed by atoms with van der Waals surface area (Å²) in [5.41, 5.74) is -0.183. The quantitative estimate of drug-likeness (QED) is 0.605. The summed E-state index contributed by atoms with van der Waals surface area (Å²) >= 11 is 0. The summed E-state index contributed by atoms with van der Waals surface area (Å²) in [5.74, 6) is -0.574. The van der Waals surface area contributed by atoms with Crippen LogP contribution in [0.3, 0.4) is 0 Å². The van der Waals surface area contributed by atoms with Gasteiger partial charge in [0.25, 0.3) is 0 Å². The largest absolute Gasteiger partial charge is 0.494 e. The number of amides is 1. The zero-order chi connectivity index (χ0) is 21.7. The van der Waals surface area contributed by atoms with Gasteiger partial charge in [-0.2, -0.15) is 0 Å². The predicted molar refractivity (Wildman–Crippen MR) is 116 cm³/mol. The maximum atomic E-state index is 15.2. The minimum Gasteiger partial charge on any atom is -0.399 e. The van der Waals surface area contributed by atoms with Crippen molar-refractivity contribution in [1.29, 1.82) is 0 Å². The average Bonchev–Trinajstić information content (AvgIpc) is 3.35. The van der Waals surface area contributed by atoms with Gasteiger partial charge in [-0.25, -0.2) is 9.18 Å². The van der Waals surface area contributed by atoms with Crippen LogP contribution in [0.2, 0.25) is 0 Å². The summed E-state index contributed by atoms with van der Waals surface area (Å²) in [6.07, 6.45) is 4.24. The van der Waals surface area contributed by atoms with Gasteiger partial charge in [0.2, 0.25) is 0 Å². The van der Waals surface area contributed by atoms with Crippen LogP contribution >= 0.6 is 0 Å². The summed E-state index contributed by atoms with van der Waals surface area (Å²) in [4.78, 5) is 13.7. The molecule has 3 atom stereocenters. The zero-order valence-electron chi connectivity index (χ0n) is 19.0. The third-order valence-electron chi connectivity index (χ3n) is 7.88. The van der Waals surface area contributed by atoms with Crippen molar-refractivity contribution in [2.75, 3.05) is 19.6 Å². The molecule has 1 unspecified atom stereocenters. The van der Waals surface area contributed by atoms with E-state index in [1.165, 1.54) is 6.07 Å². The van der Waals surface area contributed by atoms with Crippen LogP contribution in [0.1, 0.15) is 70.7 Å². The number of hydrogen-bond acceptors (Lipinski definition) is 4. The molecule has 7 heteroatoms. The zero-order valence-corrected chi connectivity index (χ0v) is 19.0. The number of quaternary nitrogens is 1. The van der Waals surface area contributed by atoms with Gasteiger partial charge < -0.3 is 14.6 Å². The van der Waals surface area contributed by atoms with Crippen molar-refractivity contribution in [1.82, 2.24) is 5.32 Å². The van der Waals surface area contributed by atoms with E-state index in [2.05, 4.69) is 12.2 Å². The highest BCUT2D eigenvalue weighted by Gasteiger charge is 2.52. The van der Waals surface area contributed by atoms with Gasteiger partial charge >= 0.3 is 13.0 Å². The van der Waals surface area contributed by atoms with Crippen LogP contribution in [0.5, 0.6) is 0 Å². The lowest BCUT2D eigenvalue weighted by molar-refractivity contribution is -0.860. The van der Waals surface area contributed by atoms with Crippen LogP contribution in [0.4, 0.5) is 4.39 Å². The molecule has 0 saturated carbocycles. The van der Waals surface area contributed by atoms with Gasteiger partial charge in [0.1, 0.15) is 17.9 Å². The number of nitrogens with zero attached hydrogens (tertiary/aromatic N) is 1. The van der Waals surface area contributed by atoms with Gasteiger partial charge in [-0.1, -0.05) is 6.07 Å². The molecule has 0 aromatic heterocycles. The predicted octanol–water partition coefficient (Wildman–Crippen LogP) is 3.02. The van der Waals surface area contributed by atoms with Gasteiger partial charge in [0.15, 0.2) is 0 Å². The molecule has 164 valence electrons. The van der Waals surface area contributed by atoms with E-state index in [1.54, 1.807) is 12.1 Å². The first-order valence-corrected chi connectivity index (χ1v) is 11.4. The van der Waals surface area contributed by atoms with Gasteiger partial charge in [-0.15, -0.1) is 0 Å². The fraction of sp³-hybridized carbons (Fsp3) is 0.696. The number of nitrogens with one attached hydrogen (secondary N) is 1. The van der Waals surface area contributed by atoms with Crippen LogP contribution in [0.15, 0.2) is 18.2 Å². The summed E-state index contributed by atoms with van der Waals surface area (Å²) in [7, 11) is -0.634. The molecule has 30 heavy (non-hydrogen) atoms. The van der Waals surface area contributed by atoms with Crippen molar-refractivity contribution < 1.29 is 23.0 Å². The standard InChI is InChI=1S/C23H35BFN2O3/c1-16-8-7-13-27(16,15-18-9-6-12-26-18)21(28)19-11-10-17(14-20(19)25)24-29-22(2,3)23(4,5)30-24/h10-11,14,16,18,26H,6-9,12-13,15H2,1-5H3/q+1/t16-,18+,27?/m1/s1. The highest BCUT2D eigenvalue weighted by molar-refractivity contribution is 6.62. The van der Waals surface area contributed by atoms with Crippen LogP contribution in [-0.2, 0) is 9.31 Å². The molecule has 0 bridgehead atoms. The molecule has 5 nitrogen and oxygen atoms in total. The van der Waals surface area contributed by atoms with E-state index in [9.17, 15) is 4.79 Å². The summed E-state index contributed by atoms with van der Waals surface area (Å²) < 4.78 is 27.7. The Bertz CT molecular complexity index is 809. The number of likely N-dealkylation sites (tertiary alicyclic amines) is 1. The number of hydrogen-bond donors (Lipinski definition) is 1. The average molecular weight is 417 g/mol. The Morgan fingerprint density at radius 3 is 2.43 bits per heavy atom. The second kappa shape index (κ2) is 7.70. The molecule has 3 saturated heterocycles. The summed E-state index contributed by atoms with van der Waals surface area (Å²) in [6.45, 7) is 12.6. The number of benzene rings is 1. The first-order chi connectivity index (χ1) is 14.1. The highest BCUT2D eigenvalue weighted by atomic mass is 19.1.